The van der Waals surface area contributed by atoms with Gasteiger partial charge >= 0.3 is 11.9 Å². The van der Waals surface area contributed by atoms with Crippen LogP contribution in [-0.4, -0.2) is 24.1 Å². The highest BCUT2D eigenvalue weighted by Crippen LogP contribution is 2.21. The van der Waals surface area contributed by atoms with Crippen molar-refractivity contribution in [3.8, 4) is 0 Å². The van der Waals surface area contributed by atoms with Gasteiger partial charge in [-0.2, -0.15) is 0 Å². The zero-order valence-electron chi connectivity index (χ0n) is 11.8. The summed E-state index contributed by atoms with van der Waals surface area (Å²) in [4.78, 5) is 22.1. The Morgan fingerprint density at radius 2 is 1.28 bits per heavy atom. The van der Waals surface area contributed by atoms with Crippen molar-refractivity contribution in [3.63, 3.8) is 0 Å². The molecule has 0 aliphatic heterocycles. The molecule has 0 aromatic rings. The zero-order valence-corrected chi connectivity index (χ0v) is 11.8. The van der Waals surface area contributed by atoms with E-state index in [0.717, 1.165) is 12.8 Å². The van der Waals surface area contributed by atoms with Gasteiger partial charge in [0.05, 0.1) is 0 Å². The molecule has 0 bridgehead atoms. The maximum atomic E-state index is 11.1. The van der Waals surface area contributed by atoms with Crippen LogP contribution in [0.15, 0.2) is 12.2 Å². The minimum atomic E-state index is -0.372. The van der Waals surface area contributed by atoms with Crippen LogP contribution in [0.2, 0.25) is 0 Å². The van der Waals surface area contributed by atoms with Gasteiger partial charge in [-0.15, -0.1) is 0 Å². The minimum Gasteiger partial charge on any atom is -0.458 e. The second-order valence-corrected chi connectivity index (χ2v) is 4.35. The molecule has 0 radical (unpaired) electrons. The fourth-order valence-electron chi connectivity index (χ4n) is 1.77. The number of carbonyl (C=O) groups excluding carboxylic acids is 2. The molecule has 0 aromatic heterocycles. The van der Waals surface area contributed by atoms with E-state index >= 15 is 0 Å². The second-order valence-electron chi connectivity index (χ2n) is 4.35. The Hall–Kier alpha value is -1.32. The highest BCUT2D eigenvalue weighted by Gasteiger charge is 2.24. The summed E-state index contributed by atoms with van der Waals surface area (Å²) in [6.45, 7) is 10.7. The molecular formula is C14H24O4. The molecule has 4 heteroatoms. The summed E-state index contributed by atoms with van der Waals surface area (Å²) in [5, 5.41) is 0. The van der Waals surface area contributed by atoms with Gasteiger partial charge in [-0.25, -0.2) is 0 Å². The average molecular weight is 256 g/mol. The fourth-order valence-corrected chi connectivity index (χ4v) is 1.77. The van der Waals surface area contributed by atoms with Gasteiger partial charge in [-0.3, -0.25) is 9.59 Å². The first-order chi connectivity index (χ1) is 8.42. The molecule has 0 rings (SSSR count). The Bertz CT molecular complexity index is 268. The van der Waals surface area contributed by atoms with Crippen LogP contribution in [0.5, 0.6) is 0 Å². The van der Waals surface area contributed by atoms with Gasteiger partial charge in [0.2, 0.25) is 0 Å². The lowest BCUT2D eigenvalue weighted by Crippen LogP contribution is -2.29. The summed E-state index contributed by atoms with van der Waals surface area (Å²) in [6, 6.07) is 0. The lowest BCUT2D eigenvalue weighted by molar-refractivity contribution is -0.148. The number of carbonyl (C=O) groups is 2. The Balaban J connectivity index is 4.74. The number of ether oxygens (including phenoxy) is 2. The van der Waals surface area contributed by atoms with Crippen molar-refractivity contribution >= 4 is 11.9 Å². The van der Waals surface area contributed by atoms with Gasteiger partial charge < -0.3 is 9.47 Å². The van der Waals surface area contributed by atoms with E-state index in [0.29, 0.717) is 18.4 Å². The molecule has 0 spiro atoms. The van der Waals surface area contributed by atoms with Crippen LogP contribution in [0.25, 0.3) is 0 Å². The first-order valence-corrected chi connectivity index (χ1v) is 6.45. The van der Waals surface area contributed by atoms with Crippen molar-refractivity contribution in [1.29, 1.82) is 0 Å². The van der Waals surface area contributed by atoms with Gasteiger partial charge in [0, 0.05) is 19.4 Å². The summed E-state index contributed by atoms with van der Waals surface area (Å²) < 4.78 is 10.5. The van der Waals surface area contributed by atoms with Gasteiger partial charge in [0.25, 0.3) is 0 Å². The van der Waals surface area contributed by atoms with Crippen LogP contribution >= 0.6 is 0 Å². The molecule has 0 N–H and O–H groups in total. The summed E-state index contributed by atoms with van der Waals surface area (Å²) in [5.74, 6) is -0.680. The van der Waals surface area contributed by atoms with E-state index < -0.39 is 0 Å². The van der Waals surface area contributed by atoms with Crippen molar-refractivity contribution in [3.05, 3.63) is 12.2 Å². The lowest BCUT2D eigenvalue weighted by atomic mass is 9.98. The molecule has 4 nitrogen and oxygen atoms in total. The van der Waals surface area contributed by atoms with Gasteiger partial charge in [-0.05, 0) is 12.8 Å². The molecule has 0 amide bonds. The summed E-state index contributed by atoms with van der Waals surface area (Å²) in [6.07, 6.45) is 2.39. The van der Waals surface area contributed by atoms with E-state index in [-0.39, 0.29) is 24.1 Å². The summed E-state index contributed by atoms with van der Waals surface area (Å²) in [7, 11) is 0. The maximum Gasteiger partial charge on any atom is 0.303 e. The first-order valence-electron chi connectivity index (χ1n) is 6.45. The Labute approximate surface area is 109 Å². The van der Waals surface area contributed by atoms with Gasteiger partial charge in [-0.1, -0.05) is 33.3 Å². The molecule has 104 valence electrons. The third-order valence-corrected chi connectivity index (χ3v) is 2.55. The molecule has 2 atom stereocenters. The Morgan fingerprint density at radius 1 is 0.944 bits per heavy atom. The second kappa shape index (κ2) is 8.72. The van der Waals surface area contributed by atoms with Crippen molar-refractivity contribution in [2.24, 2.45) is 0 Å². The minimum absolute atomic E-state index is 0.340. The van der Waals surface area contributed by atoms with Crippen molar-refractivity contribution in [2.45, 2.75) is 65.6 Å². The van der Waals surface area contributed by atoms with Crippen LogP contribution < -0.4 is 0 Å². The van der Waals surface area contributed by atoms with Crippen molar-refractivity contribution in [1.82, 2.24) is 0 Å². The third kappa shape index (κ3) is 6.42. The number of hydrogen-bond acceptors (Lipinski definition) is 4. The molecule has 0 aliphatic carbocycles. The van der Waals surface area contributed by atoms with Gasteiger partial charge in [0.15, 0.2) is 0 Å². The largest absolute Gasteiger partial charge is 0.458 e. The molecule has 0 aliphatic rings. The van der Waals surface area contributed by atoms with Gasteiger partial charge in [0.1, 0.15) is 12.2 Å². The summed E-state index contributed by atoms with van der Waals surface area (Å²) >= 11 is 0. The van der Waals surface area contributed by atoms with E-state index in [1.807, 2.05) is 13.8 Å². The normalized spacial score (nSPS) is 13.6. The molecule has 0 saturated carbocycles. The predicted octanol–water partition coefficient (Wildman–Crippen LogP) is 3.01. The highest BCUT2D eigenvalue weighted by atomic mass is 16.6. The van der Waals surface area contributed by atoms with Crippen LogP contribution in [0.3, 0.4) is 0 Å². The standard InChI is InChI=1S/C14H24O4/c1-6-8-13(17-11(4)15)10(3)14(9-7-2)18-12(5)16/h13-14H,3,6-9H2,1-2,4-5H3. The highest BCUT2D eigenvalue weighted by molar-refractivity contribution is 5.67. The number of esters is 2. The SMILES string of the molecule is C=C(C(CCC)OC(C)=O)C(CCC)OC(C)=O. The van der Waals surface area contributed by atoms with E-state index in [1.165, 1.54) is 13.8 Å². The lowest BCUT2D eigenvalue weighted by Gasteiger charge is -2.25. The zero-order chi connectivity index (χ0) is 14.1. The Kier molecular flexibility index (Phi) is 8.08. The molecule has 18 heavy (non-hydrogen) atoms. The molecule has 0 fully saturated rings. The van der Waals surface area contributed by atoms with Crippen LogP contribution in [-0.2, 0) is 19.1 Å². The summed E-state index contributed by atoms with van der Waals surface area (Å²) in [5.41, 5.74) is 0.670. The molecular weight excluding hydrogens is 232 g/mol. The smallest absolute Gasteiger partial charge is 0.303 e. The molecule has 0 saturated heterocycles. The predicted molar refractivity (Wildman–Crippen MR) is 70.1 cm³/mol. The first kappa shape index (κ1) is 16.7. The molecule has 0 aromatic carbocycles. The monoisotopic (exact) mass is 256 g/mol. The quantitative estimate of drug-likeness (QED) is 0.495. The molecule has 0 heterocycles. The van der Waals surface area contributed by atoms with Crippen molar-refractivity contribution in [2.75, 3.05) is 0 Å². The maximum absolute atomic E-state index is 11.1. The van der Waals surface area contributed by atoms with E-state index in [1.54, 1.807) is 0 Å². The van der Waals surface area contributed by atoms with Crippen molar-refractivity contribution < 1.29 is 19.1 Å². The number of rotatable bonds is 8. The van der Waals surface area contributed by atoms with Crippen LogP contribution in [0, 0.1) is 0 Å². The average Bonchev–Trinajstić information content (AvgIpc) is 2.26. The van der Waals surface area contributed by atoms with E-state index in [2.05, 4.69) is 6.58 Å². The van der Waals surface area contributed by atoms with E-state index in [9.17, 15) is 9.59 Å². The Morgan fingerprint density at radius 3 is 1.50 bits per heavy atom. The fraction of sp³-hybridized carbons (Fsp3) is 0.714. The topological polar surface area (TPSA) is 52.6 Å². The third-order valence-electron chi connectivity index (χ3n) is 2.55. The molecule has 2 unspecified atom stereocenters. The van der Waals surface area contributed by atoms with Crippen LogP contribution in [0.1, 0.15) is 53.4 Å². The van der Waals surface area contributed by atoms with Crippen LogP contribution in [0.4, 0.5) is 0 Å². The number of hydrogen-bond donors (Lipinski definition) is 0. The van der Waals surface area contributed by atoms with E-state index in [4.69, 9.17) is 9.47 Å².